The molecule has 266 valence electrons. The second-order valence-corrected chi connectivity index (χ2v) is 14.4. The molecule has 4 aromatic heterocycles. The van der Waals surface area contributed by atoms with Crippen LogP contribution in [-0.2, 0) is 0 Å². The number of rotatable bonds is 5. The van der Waals surface area contributed by atoms with Crippen molar-refractivity contribution in [2.45, 2.75) is 0 Å². The minimum absolute atomic E-state index is 0.557. The number of hydrogen-bond donors (Lipinski definition) is 0. The number of para-hydroxylation sites is 5. The molecule has 0 aliphatic heterocycles. The van der Waals surface area contributed by atoms with E-state index in [9.17, 15) is 0 Å². The second-order valence-electron chi connectivity index (χ2n) is 14.4. The molecule has 6 heteroatoms. The Morgan fingerprint density at radius 3 is 1.79 bits per heavy atom. The average molecular weight is 730 g/mol. The van der Waals surface area contributed by atoms with Crippen LogP contribution in [0.2, 0.25) is 0 Å². The van der Waals surface area contributed by atoms with Crippen LogP contribution in [0.5, 0.6) is 0 Å². The Bertz CT molecular complexity index is 3520. The minimum atomic E-state index is 0.557. The Labute approximate surface area is 326 Å². The summed E-state index contributed by atoms with van der Waals surface area (Å²) >= 11 is 0. The van der Waals surface area contributed by atoms with E-state index in [1.807, 2.05) is 60.7 Å². The lowest BCUT2D eigenvalue weighted by Gasteiger charge is -2.12. The fourth-order valence-electron chi connectivity index (χ4n) is 8.68. The molecule has 0 spiro atoms. The summed E-state index contributed by atoms with van der Waals surface area (Å²) in [6.45, 7) is 0. The first-order chi connectivity index (χ1) is 28.3. The van der Waals surface area contributed by atoms with Crippen molar-refractivity contribution in [3.05, 3.63) is 188 Å². The van der Waals surface area contributed by atoms with Crippen LogP contribution in [0.25, 0.3) is 111 Å². The van der Waals surface area contributed by atoms with Crippen LogP contribution in [0.1, 0.15) is 0 Å². The van der Waals surface area contributed by atoms with Gasteiger partial charge >= 0.3 is 0 Å². The van der Waals surface area contributed by atoms with Gasteiger partial charge in [0.1, 0.15) is 11.2 Å². The van der Waals surface area contributed by atoms with Gasteiger partial charge in [-0.05, 0) is 54.6 Å². The highest BCUT2D eigenvalue weighted by Gasteiger charge is 2.22. The van der Waals surface area contributed by atoms with Crippen LogP contribution in [0.4, 0.5) is 0 Å². The summed E-state index contributed by atoms with van der Waals surface area (Å²) in [5.41, 5.74) is 11.0. The van der Waals surface area contributed by atoms with Gasteiger partial charge in [-0.2, -0.15) is 0 Å². The molecule has 0 N–H and O–H groups in total. The molecule has 8 aromatic carbocycles. The molecule has 0 saturated carbocycles. The van der Waals surface area contributed by atoms with E-state index in [0.29, 0.717) is 17.5 Å². The Morgan fingerprint density at radius 2 is 0.965 bits per heavy atom. The second kappa shape index (κ2) is 12.3. The van der Waals surface area contributed by atoms with Crippen molar-refractivity contribution < 1.29 is 4.42 Å². The lowest BCUT2D eigenvalue weighted by molar-refractivity contribution is 0.669. The number of aromatic nitrogens is 5. The summed E-state index contributed by atoms with van der Waals surface area (Å²) in [6, 6.07) is 65.6. The van der Waals surface area contributed by atoms with Gasteiger partial charge in [-0.25, -0.2) is 15.0 Å². The van der Waals surface area contributed by atoms with Gasteiger partial charge in [0, 0.05) is 54.8 Å². The standard InChI is InChI=1S/C51H31N5O/c1-3-15-32(16-4-1)49-52-50(54-51(53-49)41-25-14-24-39-37-22-9-12-28-45(37)57-48(39)41)33-17-13-20-35(31-33)55-43-27-11-8-23-40(43)46-44(55)30-29-38-36-21-7-10-26-42(36)56(47(38)46)34-18-5-2-6-19-34/h1-31H. The summed E-state index contributed by atoms with van der Waals surface area (Å²) in [5, 5.41) is 6.95. The van der Waals surface area contributed by atoms with Crippen molar-refractivity contribution in [3.8, 4) is 45.5 Å². The van der Waals surface area contributed by atoms with Crippen LogP contribution >= 0.6 is 0 Å². The zero-order valence-corrected chi connectivity index (χ0v) is 30.5. The zero-order chi connectivity index (χ0) is 37.5. The van der Waals surface area contributed by atoms with E-state index in [4.69, 9.17) is 19.4 Å². The molecule has 0 aliphatic carbocycles. The quantitative estimate of drug-likeness (QED) is 0.177. The van der Waals surface area contributed by atoms with Crippen molar-refractivity contribution in [1.82, 2.24) is 24.1 Å². The van der Waals surface area contributed by atoms with Gasteiger partial charge in [-0.1, -0.05) is 133 Å². The van der Waals surface area contributed by atoms with Crippen LogP contribution in [0.3, 0.4) is 0 Å². The van der Waals surface area contributed by atoms with E-state index in [1.54, 1.807) is 0 Å². The molecule has 57 heavy (non-hydrogen) atoms. The minimum Gasteiger partial charge on any atom is -0.455 e. The summed E-state index contributed by atoms with van der Waals surface area (Å²) < 4.78 is 11.2. The highest BCUT2D eigenvalue weighted by Crippen LogP contribution is 2.42. The molecule has 4 heterocycles. The van der Waals surface area contributed by atoms with Crippen LogP contribution in [-0.4, -0.2) is 24.1 Å². The number of benzene rings is 8. The normalized spacial score (nSPS) is 11.9. The van der Waals surface area contributed by atoms with Crippen molar-refractivity contribution in [2.24, 2.45) is 0 Å². The molecular formula is C51H31N5O. The van der Waals surface area contributed by atoms with Gasteiger partial charge in [-0.15, -0.1) is 0 Å². The lowest BCUT2D eigenvalue weighted by atomic mass is 10.1. The van der Waals surface area contributed by atoms with E-state index in [0.717, 1.165) is 61.0 Å². The van der Waals surface area contributed by atoms with Gasteiger partial charge in [-0.3, -0.25) is 0 Å². The van der Waals surface area contributed by atoms with Gasteiger partial charge in [0.2, 0.25) is 0 Å². The summed E-state index contributed by atoms with van der Waals surface area (Å²) in [6.07, 6.45) is 0. The Balaban J connectivity index is 1.10. The average Bonchev–Trinajstić information content (AvgIpc) is 3.95. The lowest BCUT2D eigenvalue weighted by Crippen LogP contribution is -2.01. The summed E-state index contributed by atoms with van der Waals surface area (Å²) in [4.78, 5) is 15.4. The van der Waals surface area contributed by atoms with E-state index < -0.39 is 0 Å². The number of fused-ring (bicyclic) bond motifs is 10. The topological polar surface area (TPSA) is 61.7 Å². The monoisotopic (exact) mass is 729 g/mol. The third kappa shape index (κ3) is 4.81. The molecule has 0 amide bonds. The maximum atomic E-state index is 6.46. The molecule has 12 aromatic rings. The van der Waals surface area contributed by atoms with Crippen LogP contribution in [0.15, 0.2) is 192 Å². The van der Waals surface area contributed by atoms with Gasteiger partial charge < -0.3 is 13.6 Å². The number of nitrogens with zero attached hydrogens (tertiary/aromatic N) is 5. The molecule has 0 bridgehead atoms. The highest BCUT2D eigenvalue weighted by molar-refractivity contribution is 6.26. The van der Waals surface area contributed by atoms with E-state index in [-0.39, 0.29) is 0 Å². The molecule has 12 rings (SSSR count). The summed E-state index contributed by atoms with van der Waals surface area (Å²) in [5.74, 6) is 1.74. The maximum absolute atomic E-state index is 6.46. The van der Waals surface area contributed by atoms with Crippen LogP contribution < -0.4 is 0 Å². The summed E-state index contributed by atoms with van der Waals surface area (Å²) in [7, 11) is 0. The van der Waals surface area contributed by atoms with E-state index in [2.05, 4.69) is 137 Å². The fourth-order valence-corrected chi connectivity index (χ4v) is 8.68. The number of furan rings is 1. The molecule has 0 unspecified atom stereocenters. The van der Waals surface area contributed by atoms with Crippen LogP contribution in [0, 0.1) is 0 Å². The molecule has 0 aliphatic rings. The third-order valence-electron chi connectivity index (χ3n) is 11.2. The van der Waals surface area contributed by atoms with Gasteiger partial charge in [0.15, 0.2) is 17.5 Å². The predicted octanol–water partition coefficient (Wildman–Crippen LogP) is 13.0. The van der Waals surface area contributed by atoms with E-state index >= 15 is 0 Å². The molecule has 0 atom stereocenters. The smallest absolute Gasteiger partial charge is 0.167 e. The predicted molar refractivity (Wildman–Crippen MR) is 232 cm³/mol. The molecule has 0 fully saturated rings. The molecule has 0 saturated heterocycles. The largest absolute Gasteiger partial charge is 0.455 e. The first-order valence-corrected chi connectivity index (χ1v) is 19.1. The van der Waals surface area contributed by atoms with Gasteiger partial charge in [0.25, 0.3) is 0 Å². The molecule has 6 nitrogen and oxygen atoms in total. The van der Waals surface area contributed by atoms with Gasteiger partial charge in [0.05, 0.1) is 27.6 Å². The third-order valence-corrected chi connectivity index (χ3v) is 11.2. The van der Waals surface area contributed by atoms with Crippen molar-refractivity contribution in [1.29, 1.82) is 0 Å². The Kier molecular flexibility index (Phi) is 6.83. The maximum Gasteiger partial charge on any atom is 0.167 e. The Hall–Kier alpha value is -7.83. The fraction of sp³-hybridized carbons (Fsp3) is 0. The Morgan fingerprint density at radius 1 is 0.368 bits per heavy atom. The first kappa shape index (κ1) is 31.5. The zero-order valence-electron chi connectivity index (χ0n) is 30.5. The van der Waals surface area contributed by atoms with Crippen molar-refractivity contribution in [2.75, 3.05) is 0 Å². The molecule has 0 radical (unpaired) electrons. The molecular weight excluding hydrogens is 699 g/mol. The highest BCUT2D eigenvalue weighted by atomic mass is 16.3. The SMILES string of the molecule is c1ccc(-c2nc(-c3cccc(-n4c5ccccc5c5c4ccc4c6ccccc6n(-c6ccccc6)c45)c3)nc(-c3cccc4c3oc3ccccc34)n2)cc1. The van der Waals surface area contributed by atoms with Crippen molar-refractivity contribution in [3.63, 3.8) is 0 Å². The first-order valence-electron chi connectivity index (χ1n) is 19.1. The number of hydrogen-bond acceptors (Lipinski definition) is 4. The van der Waals surface area contributed by atoms with Crippen molar-refractivity contribution >= 4 is 65.6 Å². The van der Waals surface area contributed by atoms with E-state index in [1.165, 1.54) is 32.6 Å².